The molecule has 0 amide bonds. The molecule has 0 bridgehead atoms. The van der Waals surface area contributed by atoms with E-state index in [-0.39, 0.29) is 43.0 Å². The number of carbonyl (C=O) groups excluding carboxylic acids is 4. The molecule has 2 rings (SSSR count). The number of rotatable bonds is 10. The number of hydrogen-bond donors (Lipinski definition) is 0. The monoisotopic (exact) mass is 464 g/mol. The maximum Gasteiger partial charge on any atom is 0.305 e. The fourth-order valence-electron chi connectivity index (χ4n) is 4.50. The van der Waals surface area contributed by atoms with Crippen molar-refractivity contribution < 1.29 is 28.7 Å². The molecule has 0 spiro atoms. The predicted molar refractivity (Wildman–Crippen MR) is 131 cm³/mol. The van der Waals surface area contributed by atoms with Crippen LogP contribution in [0.1, 0.15) is 85.5 Å². The highest BCUT2D eigenvalue weighted by Crippen LogP contribution is 2.35. The lowest BCUT2D eigenvalue weighted by Crippen LogP contribution is -2.18. The van der Waals surface area contributed by atoms with Gasteiger partial charge in [-0.3, -0.25) is 19.2 Å². The molecular weight excluding hydrogens is 420 g/mol. The standard InChI is InChI=1S/2C13H20O3.CH4/c2*1-3-4-5-6-11-10(7-8-12(11)14)9-13(15)16-2;/h2*4-5,10-11H,3,6-9H2,1-2H3;1H4/b5-4+;5-4-;/t2*10-,11+;/m00./s1. The van der Waals surface area contributed by atoms with E-state index in [0.29, 0.717) is 37.2 Å². The summed E-state index contributed by atoms with van der Waals surface area (Å²) in [4.78, 5) is 45.7. The van der Waals surface area contributed by atoms with Crippen molar-refractivity contribution >= 4 is 23.5 Å². The molecule has 0 saturated heterocycles. The molecule has 6 heteroatoms. The topological polar surface area (TPSA) is 86.7 Å². The Balaban J connectivity index is 0.000000602. The molecular formula is C27H44O6. The maximum atomic E-state index is 11.7. The Kier molecular flexibility index (Phi) is 16.1. The van der Waals surface area contributed by atoms with Gasteiger partial charge in [-0.1, -0.05) is 45.6 Å². The second-order valence-corrected chi connectivity index (χ2v) is 8.53. The molecule has 0 N–H and O–H groups in total. The third kappa shape index (κ3) is 11.0. The molecule has 2 aliphatic carbocycles. The van der Waals surface area contributed by atoms with Crippen LogP contribution in [0.4, 0.5) is 0 Å². The molecule has 33 heavy (non-hydrogen) atoms. The van der Waals surface area contributed by atoms with E-state index in [1.54, 1.807) is 0 Å². The van der Waals surface area contributed by atoms with Gasteiger partial charge in [0.05, 0.1) is 14.2 Å². The summed E-state index contributed by atoms with van der Waals surface area (Å²) in [6, 6.07) is 0. The molecule has 0 heterocycles. The van der Waals surface area contributed by atoms with Crippen LogP contribution in [0.25, 0.3) is 0 Å². The number of ether oxygens (including phenoxy) is 2. The van der Waals surface area contributed by atoms with E-state index in [4.69, 9.17) is 0 Å². The van der Waals surface area contributed by atoms with Gasteiger partial charge < -0.3 is 9.47 Å². The molecule has 4 atom stereocenters. The molecule has 6 nitrogen and oxygen atoms in total. The van der Waals surface area contributed by atoms with Crippen LogP contribution in [0.3, 0.4) is 0 Å². The third-order valence-corrected chi connectivity index (χ3v) is 6.39. The molecule has 0 aromatic rings. The highest BCUT2D eigenvalue weighted by atomic mass is 16.5. The Morgan fingerprint density at radius 2 is 1.12 bits per heavy atom. The largest absolute Gasteiger partial charge is 0.469 e. The molecule has 0 aromatic heterocycles. The van der Waals surface area contributed by atoms with Gasteiger partial charge in [-0.2, -0.15) is 0 Å². The number of hydrogen-bond acceptors (Lipinski definition) is 6. The van der Waals surface area contributed by atoms with Crippen molar-refractivity contribution in [3.63, 3.8) is 0 Å². The Bertz CT molecular complexity index is 620. The van der Waals surface area contributed by atoms with Crippen molar-refractivity contribution in [1.29, 1.82) is 0 Å². The van der Waals surface area contributed by atoms with Crippen molar-refractivity contribution in [2.24, 2.45) is 23.7 Å². The molecule has 0 aromatic carbocycles. The Morgan fingerprint density at radius 1 is 0.758 bits per heavy atom. The Morgan fingerprint density at radius 3 is 1.42 bits per heavy atom. The number of ketones is 2. The Labute approximate surface area is 200 Å². The summed E-state index contributed by atoms with van der Waals surface area (Å²) in [7, 11) is 2.79. The zero-order chi connectivity index (χ0) is 23.9. The number of carbonyl (C=O) groups is 4. The number of esters is 2. The van der Waals surface area contributed by atoms with E-state index in [1.807, 2.05) is 0 Å². The second-order valence-electron chi connectivity index (χ2n) is 8.53. The van der Waals surface area contributed by atoms with Crippen molar-refractivity contribution in [3.8, 4) is 0 Å². The summed E-state index contributed by atoms with van der Waals surface area (Å²) in [6.07, 6.45) is 15.4. The fraction of sp³-hybridized carbons (Fsp3) is 0.704. The smallest absolute Gasteiger partial charge is 0.305 e. The summed E-state index contributed by atoms with van der Waals surface area (Å²) in [5.41, 5.74) is 0. The summed E-state index contributed by atoms with van der Waals surface area (Å²) < 4.78 is 9.31. The molecule has 188 valence electrons. The molecule has 0 radical (unpaired) electrons. The van der Waals surface area contributed by atoms with Crippen LogP contribution >= 0.6 is 0 Å². The van der Waals surface area contributed by atoms with Crippen LogP contribution in [-0.2, 0) is 28.7 Å². The summed E-state index contributed by atoms with van der Waals surface area (Å²) >= 11 is 0. The minimum Gasteiger partial charge on any atom is -0.469 e. The van der Waals surface area contributed by atoms with Crippen LogP contribution in [0.15, 0.2) is 24.3 Å². The van der Waals surface area contributed by atoms with Crippen LogP contribution in [0, 0.1) is 23.7 Å². The fourth-order valence-corrected chi connectivity index (χ4v) is 4.50. The van der Waals surface area contributed by atoms with Gasteiger partial charge in [-0.25, -0.2) is 0 Å². The third-order valence-electron chi connectivity index (χ3n) is 6.39. The number of allylic oxidation sites excluding steroid dienone is 4. The van der Waals surface area contributed by atoms with E-state index < -0.39 is 0 Å². The molecule has 2 saturated carbocycles. The van der Waals surface area contributed by atoms with Gasteiger partial charge >= 0.3 is 11.9 Å². The van der Waals surface area contributed by atoms with Crippen molar-refractivity contribution in [1.82, 2.24) is 0 Å². The normalized spacial score (nSPS) is 24.5. The SMILES string of the molecule is C.CC/C=C/C[C@H]1C(=O)CC[C@H]1CC(=O)OC.CC/C=C\C[C@H]1C(=O)CC[C@H]1CC(=O)OC. The molecule has 2 fully saturated rings. The lowest BCUT2D eigenvalue weighted by molar-refractivity contribution is -0.143. The van der Waals surface area contributed by atoms with Gasteiger partial charge in [0, 0.05) is 37.5 Å². The van der Waals surface area contributed by atoms with E-state index >= 15 is 0 Å². The van der Waals surface area contributed by atoms with Crippen LogP contribution in [0.2, 0.25) is 0 Å². The highest BCUT2D eigenvalue weighted by Gasteiger charge is 2.35. The summed E-state index contributed by atoms with van der Waals surface area (Å²) in [6.45, 7) is 4.14. The Hall–Kier alpha value is -2.24. The first kappa shape index (κ1) is 30.8. The van der Waals surface area contributed by atoms with Gasteiger partial charge in [0.15, 0.2) is 0 Å². The van der Waals surface area contributed by atoms with E-state index in [1.165, 1.54) is 14.2 Å². The van der Waals surface area contributed by atoms with Crippen LogP contribution in [0.5, 0.6) is 0 Å². The van der Waals surface area contributed by atoms with Crippen LogP contribution < -0.4 is 0 Å². The van der Waals surface area contributed by atoms with Gasteiger partial charge in [0.1, 0.15) is 11.6 Å². The summed E-state index contributed by atoms with van der Waals surface area (Å²) in [5, 5.41) is 0. The van der Waals surface area contributed by atoms with E-state index in [0.717, 1.165) is 38.5 Å². The van der Waals surface area contributed by atoms with Crippen LogP contribution in [-0.4, -0.2) is 37.7 Å². The van der Waals surface area contributed by atoms with Gasteiger partial charge in [-0.05, 0) is 50.4 Å². The zero-order valence-corrected chi connectivity index (χ0v) is 20.1. The lowest BCUT2D eigenvalue weighted by Gasteiger charge is -2.15. The van der Waals surface area contributed by atoms with Crippen molar-refractivity contribution in [2.45, 2.75) is 85.5 Å². The van der Waals surface area contributed by atoms with E-state index in [9.17, 15) is 19.2 Å². The first-order valence-corrected chi connectivity index (χ1v) is 11.9. The first-order valence-electron chi connectivity index (χ1n) is 11.9. The zero-order valence-electron chi connectivity index (χ0n) is 20.1. The van der Waals surface area contributed by atoms with Gasteiger partial charge in [0.25, 0.3) is 0 Å². The minimum atomic E-state index is -0.204. The molecule has 2 aliphatic rings. The lowest BCUT2D eigenvalue weighted by atomic mass is 9.89. The average Bonchev–Trinajstić information content (AvgIpc) is 3.31. The molecule has 0 aliphatic heterocycles. The molecule has 0 unspecified atom stereocenters. The quantitative estimate of drug-likeness (QED) is 0.307. The van der Waals surface area contributed by atoms with Gasteiger partial charge in [-0.15, -0.1) is 0 Å². The van der Waals surface area contributed by atoms with Gasteiger partial charge in [0.2, 0.25) is 0 Å². The van der Waals surface area contributed by atoms with E-state index in [2.05, 4.69) is 47.6 Å². The second kappa shape index (κ2) is 17.3. The maximum absolute atomic E-state index is 11.7. The number of Topliss-reactive ketones (excluding diaryl/α,β-unsaturated/α-hetero) is 2. The minimum absolute atomic E-state index is 0. The highest BCUT2D eigenvalue weighted by molar-refractivity contribution is 5.85. The summed E-state index contributed by atoms with van der Waals surface area (Å²) in [5.74, 6) is 0.615. The first-order chi connectivity index (χ1) is 15.4. The predicted octanol–water partition coefficient (Wildman–Crippen LogP) is 5.64. The number of methoxy groups -OCH3 is 2. The van der Waals surface area contributed by atoms with Crippen molar-refractivity contribution in [2.75, 3.05) is 14.2 Å². The van der Waals surface area contributed by atoms with Crippen molar-refractivity contribution in [3.05, 3.63) is 24.3 Å². The average molecular weight is 465 g/mol.